The van der Waals surface area contributed by atoms with Gasteiger partial charge in [-0.15, -0.1) is 0 Å². The minimum Gasteiger partial charge on any atom is -0.343 e. The van der Waals surface area contributed by atoms with E-state index in [1.807, 2.05) is 0 Å². The Morgan fingerprint density at radius 1 is 1.00 bits per heavy atom. The summed E-state index contributed by atoms with van der Waals surface area (Å²) in [5, 5.41) is 0. The molecule has 2 fully saturated rings. The molecule has 0 aromatic carbocycles. The molecule has 2 heterocycles. The molecule has 0 N–H and O–H groups in total. The van der Waals surface area contributed by atoms with Crippen molar-refractivity contribution in [1.29, 1.82) is 0 Å². The van der Waals surface area contributed by atoms with Crippen LogP contribution in [-0.4, -0.2) is 53.5 Å². The van der Waals surface area contributed by atoms with E-state index in [1.54, 1.807) is 4.90 Å². The minimum atomic E-state index is -4.35. The summed E-state index contributed by atoms with van der Waals surface area (Å²) in [6.45, 7) is 2.56. The van der Waals surface area contributed by atoms with E-state index in [9.17, 15) is 22.8 Å². The van der Waals surface area contributed by atoms with Crippen molar-refractivity contribution in [1.82, 2.24) is 9.80 Å². The van der Waals surface area contributed by atoms with Crippen LogP contribution in [0.25, 0.3) is 0 Å². The van der Waals surface area contributed by atoms with Gasteiger partial charge in [0.05, 0.1) is 0 Å². The van der Waals surface area contributed by atoms with E-state index in [1.165, 1.54) is 6.92 Å². The molecule has 0 aromatic rings. The summed E-state index contributed by atoms with van der Waals surface area (Å²) in [5.74, 6) is -0.823. The molecule has 120 valence electrons. The second-order valence-electron chi connectivity index (χ2n) is 5.87. The highest BCUT2D eigenvalue weighted by molar-refractivity contribution is 5.80. The molecule has 0 spiro atoms. The Labute approximate surface area is 122 Å². The molecule has 0 radical (unpaired) electrons. The molecule has 2 aliphatic heterocycles. The topological polar surface area (TPSA) is 40.6 Å². The van der Waals surface area contributed by atoms with Crippen LogP contribution in [0, 0.1) is 5.92 Å². The SMILES string of the molecule is CC(=O)N1CCC(C(=O)N2CCCCC2C(F)(F)F)CC1. The van der Waals surface area contributed by atoms with Crippen molar-refractivity contribution in [2.45, 2.75) is 51.2 Å². The lowest BCUT2D eigenvalue weighted by atomic mass is 9.92. The third-order valence-corrected chi connectivity index (χ3v) is 4.45. The Morgan fingerprint density at radius 3 is 2.14 bits per heavy atom. The van der Waals surface area contributed by atoms with Gasteiger partial charge in [0.25, 0.3) is 0 Å². The van der Waals surface area contributed by atoms with Gasteiger partial charge in [-0.1, -0.05) is 0 Å². The molecule has 2 amide bonds. The number of carbonyl (C=O) groups is 2. The van der Waals surface area contributed by atoms with E-state index < -0.39 is 12.2 Å². The maximum absolute atomic E-state index is 13.0. The predicted octanol–water partition coefficient (Wildman–Crippen LogP) is 2.19. The van der Waals surface area contributed by atoms with Crippen LogP contribution in [0.5, 0.6) is 0 Å². The molecule has 2 rings (SSSR count). The number of nitrogens with zero attached hydrogens (tertiary/aromatic N) is 2. The van der Waals surface area contributed by atoms with Crippen LogP contribution < -0.4 is 0 Å². The molecular weight excluding hydrogens is 285 g/mol. The summed E-state index contributed by atoms with van der Waals surface area (Å²) >= 11 is 0. The van der Waals surface area contributed by atoms with Crippen molar-refractivity contribution in [3.05, 3.63) is 0 Å². The maximum Gasteiger partial charge on any atom is 0.408 e. The first-order chi connectivity index (χ1) is 9.80. The molecule has 0 bridgehead atoms. The van der Waals surface area contributed by atoms with Crippen molar-refractivity contribution in [2.24, 2.45) is 5.92 Å². The molecule has 2 aliphatic rings. The monoisotopic (exact) mass is 306 g/mol. The smallest absolute Gasteiger partial charge is 0.343 e. The van der Waals surface area contributed by atoms with E-state index >= 15 is 0 Å². The third-order valence-electron chi connectivity index (χ3n) is 4.45. The van der Waals surface area contributed by atoms with Crippen LogP contribution in [0.2, 0.25) is 0 Å². The first-order valence-electron chi connectivity index (χ1n) is 7.43. The second kappa shape index (κ2) is 6.23. The lowest BCUT2D eigenvalue weighted by Crippen LogP contribution is -2.54. The van der Waals surface area contributed by atoms with Crippen molar-refractivity contribution in [3.63, 3.8) is 0 Å². The van der Waals surface area contributed by atoms with Crippen molar-refractivity contribution >= 4 is 11.8 Å². The van der Waals surface area contributed by atoms with Crippen LogP contribution in [0.4, 0.5) is 13.2 Å². The van der Waals surface area contributed by atoms with Gasteiger partial charge in [0.1, 0.15) is 6.04 Å². The first-order valence-corrected chi connectivity index (χ1v) is 7.43. The number of hydrogen-bond donors (Lipinski definition) is 0. The van der Waals surface area contributed by atoms with Crippen molar-refractivity contribution in [3.8, 4) is 0 Å². The summed E-state index contributed by atoms with van der Waals surface area (Å²) in [5.41, 5.74) is 0. The minimum absolute atomic E-state index is 0.00152. The lowest BCUT2D eigenvalue weighted by molar-refractivity contribution is -0.198. The zero-order valence-electron chi connectivity index (χ0n) is 12.2. The standard InChI is InChI=1S/C14H21F3N2O2/c1-10(20)18-8-5-11(6-9-18)13(21)19-7-3-2-4-12(19)14(15,16)17/h11-12H,2-9H2,1H3. The highest BCUT2D eigenvalue weighted by atomic mass is 19.4. The van der Waals surface area contributed by atoms with Crippen LogP contribution in [0.15, 0.2) is 0 Å². The lowest BCUT2D eigenvalue weighted by Gasteiger charge is -2.40. The molecule has 21 heavy (non-hydrogen) atoms. The zero-order valence-corrected chi connectivity index (χ0v) is 12.2. The van der Waals surface area contributed by atoms with Gasteiger partial charge in [-0.2, -0.15) is 13.2 Å². The van der Waals surface area contributed by atoms with E-state index in [0.717, 1.165) is 4.90 Å². The van der Waals surface area contributed by atoms with Gasteiger partial charge in [0.15, 0.2) is 0 Å². The van der Waals surface area contributed by atoms with E-state index in [0.29, 0.717) is 38.8 Å². The van der Waals surface area contributed by atoms with E-state index in [4.69, 9.17) is 0 Å². The number of rotatable bonds is 1. The number of halogens is 3. The molecule has 0 aliphatic carbocycles. The highest BCUT2D eigenvalue weighted by Gasteiger charge is 2.47. The normalized spacial score (nSPS) is 25.0. The van der Waals surface area contributed by atoms with Gasteiger partial charge in [-0.05, 0) is 32.1 Å². The molecular formula is C14H21F3N2O2. The van der Waals surface area contributed by atoms with Gasteiger partial charge in [0.2, 0.25) is 11.8 Å². The Morgan fingerprint density at radius 2 is 1.62 bits per heavy atom. The quantitative estimate of drug-likeness (QED) is 0.745. The molecule has 7 heteroatoms. The fourth-order valence-electron chi connectivity index (χ4n) is 3.21. The first kappa shape index (κ1) is 16.1. The molecule has 1 unspecified atom stereocenters. The number of amides is 2. The number of likely N-dealkylation sites (tertiary alicyclic amines) is 2. The number of carbonyl (C=O) groups excluding carboxylic acids is 2. The summed E-state index contributed by atoms with van der Waals surface area (Å²) in [6, 6.07) is -1.63. The Hall–Kier alpha value is -1.27. The molecule has 1 atom stereocenters. The fraction of sp³-hybridized carbons (Fsp3) is 0.857. The highest BCUT2D eigenvalue weighted by Crippen LogP contribution is 2.33. The summed E-state index contributed by atoms with van der Waals surface area (Å²) in [6.07, 6.45) is -2.29. The summed E-state index contributed by atoms with van der Waals surface area (Å²) < 4.78 is 39.1. The molecule has 0 saturated carbocycles. The second-order valence-corrected chi connectivity index (χ2v) is 5.87. The summed E-state index contributed by atoms with van der Waals surface area (Å²) in [7, 11) is 0. The Balaban J connectivity index is 2.00. The predicted molar refractivity (Wildman–Crippen MR) is 70.4 cm³/mol. The Bertz CT molecular complexity index is 404. The van der Waals surface area contributed by atoms with Crippen LogP contribution in [0.1, 0.15) is 39.0 Å². The van der Waals surface area contributed by atoms with Crippen LogP contribution in [0.3, 0.4) is 0 Å². The van der Waals surface area contributed by atoms with Gasteiger partial charge in [0, 0.05) is 32.5 Å². The van der Waals surface area contributed by atoms with Gasteiger partial charge < -0.3 is 9.80 Å². The fourth-order valence-corrected chi connectivity index (χ4v) is 3.21. The third kappa shape index (κ3) is 3.68. The largest absolute Gasteiger partial charge is 0.408 e. The zero-order chi connectivity index (χ0) is 15.6. The number of hydrogen-bond acceptors (Lipinski definition) is 2. The van der Waals surface area contributed by atoms with Gasteiger partial charge >= 0.3 is 6.18 Å². The maximum atomic E-state index is 13.0. The van der Waals surface area contributed by atoms with E-state index in [-0.39, 0.29) is 30.7 Å². The van der Waals surface area contributed by atoms with Gasteiger partial charge in [-0.25, -0.2) is 0 Å². The average Bonchev–Trinajstić information content (AvgIpc) is 2.45. The Kier molecular flexibility index (Phi) is 4.78. The molecule has 0 aromatic heterocycles. The number of alkyl halides is 3. The molecule has 2 saturated heterocycles. The molecule has 4 nitrogen and oxygen atoms in total. The van der Waals surface area contributed by atoms with E-state index in [2.05, 4.69) is 0 Å². The number of piperidine rings is 2. The van der Waals surface area contributed by atoms with Crippen LogP contribution in [-0.2, 0) is 9.59 Å². The van der Waals surface area contributed by atoms with Crippen LogP contribution >= 0.6 is 0 Å². The summed E-state index contributed by atoms with van der Waals surface area (Å²) in [4.78, 5) is 26.3. The van der Waals surface area contributed by atoms with Crippen molar-refractivity contribution < 1.29 is 22.8 Å². The van der Waals surface area contributed by atoms with Gasteiger partial charge in [-0.3, -0.25) is 9.59 Å². The van der Waals surface area contributed by atoms with Crippen molar-refractivity contribution in [2.75, 3.05) is 19.6 Å². The average molecular weight is 306 g/mol.